The molecule has 3 rings (SSSR count). The third-order valence-electron chi connectivity index (χ3n) is 3.92. The van der Waals surface area contributed by atoms with Crippen LogP contribution < -0.4 is 5.32 Å². The summed E-state index contributed by atoms with van der Waals surface area (Å²) in [5.41, 5.74) is 2.17. The summed E-state index contributed by atoms with van der Waals surface area (Å²) in [6.07, 6.45) is 3.92. The van der Waals surface area contributed by atoms with Crippen molar-refractivity contribution in [3.05, 3.63) is 30.0 Å². The average molecular weight is 257 g/mol. The number of amides is 1. The molecule has 1 aromatic heterocycles. The molecule has 4 nitrogen and oxygen atoms in total. The number of hydrogen-bond acceptors (Lipinski definition) is 2. The van der Waals surface area contributed by atoms with Crippen LogP contribution in [0.1, 0.15) is 25.0 Å². The fraction of sp³-hybridized carbons (Fsp3) is 0.467. The van der Waals surface area contributed by atoms with Gasteiger partial charge in [0.05, 0.1) is 11.2 Å². The maximum atomic E-state index is 12.0. The molecule has 1 N–H and O–H groups in total. The van der Waals surface area contributed by atoms with Crippen LogP contribution in [0.2, 0.25) is 0 Å². The van der Waals surface area contributed by atoms with E-state index in [9.17, 15) is 4.79 Å². The van der Waals surface area contributed by atoms with Gasteiger partial charge in [-0.25, -0.2) is 0 Å². The lowest BCUT2D eigenvalue weighted by molar-refractivity contribution is -0.124. The second kappa shape index (κ2) is 5.03. The van der Waals surface area contributed by atoms with Gasteiger partial charge in [-0.05, 0) is 18.9 Å². The zero-order valence-corrected chi connectivity index (χ0v) is 11.2. The molecule has 0 aliphatic carbocycles. The lowest BCUT2D eigenvalue weighted by Crippen LogP contribution is -2.30. The van der Waals surface area contributed by atoms with Gasteiger partial charge in [-0.1, -0.05) is 24.6 Å². The van der Waals surface area contributed by atoms with Gasteiger partial charge >= 0.3 is 0 Å². The molecule has 1 fully saturated rings. The van der Waals surface area contributed by atoms with E-state index in [1.807, 2.05) is 23.9 Å². The normalized spacial score (nSPS) is 20.3. The lowest BCUT2D eigenvalue weighted by Gasteiger charge is -2.11. The Kier molecular flexibility index (Phi) is 3.23. The van der Waals surface area contributed by atoms with E-state index in [1.54, 1.807) is 0 Å². The standard InChI is InChI=1S/C15H19N3O/c1-18-14-8-3-2-7-12(14)13(17-18)10-11-6-4-5-9-16-15(11)19/h2-3,7-8,11H,4-6,9-10H2,1H3,(H,16,19). The van der Waals surface area contributed by atoms with Gasteiger partial charge in [0, 0.05) is 31.3 Å². The van der Waals surface area contributed by atoms with Crippen molar-refractivity contribution < 1.29 is 4.79 Å². The Morgan fingerprint density at radius 3 is 3.11 bits per heavy atom. The second-order valence-corrected chi connectivity index (χ2v) is 5.28. The first kappa shape index (κ1) is 12.2. The van der Waals surface area contributed by atoms with Crippen molar-refractivity contribution in [2.24, 2.45) is 13.0 Å². The van der Waals surface area contributed by atoms with E-state index >= 15 is 0 Å². The first-order valence-corrected chi connectivity index (χ1v) is 6.94. The molecule has 0 saturated carbocycles. The van der Waals surface area contributed by atoms with Crippen LogP contribution in [0.15, 0.2) is 24.3 Å². The molecule has 0 spiro atoms. The third-order valence-corrected chi connectivity index (χ3v) is 3.92. The zero-order chi connectivity index (χ0) is 13.2. The molecule has 100 valence electrons. The zero-order valence-electron chi connectivity index (χ0n) is 11.2. The van der Waals surface area contributed by atoms with Crippen LogP contribution >= 0.6 is 0 Å². The van der Waals surface area contributed by atoms with Crippen LogP contribution in [0.3, 0.4) is 0 Å². The van der Waals surface area contributed by atoms with E-state index in [0.717, 1.165) is 43.4 Å². The number of aromatic nitrogens is 2. The van der Waals surface area contributed by atoms with Crippen LogP contribution in [0.25, 0.3) is 10.9 Å². The Labute approximate surface area is 112 Å². The molecule has 0 radical (unpaired) electrons. The summed E-state index contributed by atoms with van der Waals surface area (Å²) in [5.74, 6) is 0.257. The number of hydrogen-bond donors (Lipinski definition) is 1. The van der Waals surface area contributed by atoms with E-state index < -0.39 is 0 Å². The maximum absolute atomic E-state index is 12.0. The molecule has 1 aliphatic heterocycles. The minimum Gasteiger partial charge on any atom is -0.356 e. The fourth-order valence-electron chi connectivity index (χ4n) is 2.87. The number of rotatable bonds is 2. The number of nitrogens with zero attached hydrogens (tertiary/aromatic N) is 2. The van der Waals surface area contributed by atoms with Crippen LogP contribution in [0.5, 0.6) is 0 Å². The molecule has 19 heavy (non-hydrogen) atoms. The van der Waals surface area contributed by atoms with Crippen molar-refractivity contribution >= 4 is 16.8 Å². The number of benzene rings is 1. The largest absolute Gasteiger partial charge is 0.356 e. The molecule has 1 aromatic carbocycles. The number of carbonyl (C=O) groups excluding carboxylic acids is 1. The Morgan fingerprint density at radius 1 is 1.37 bits per heavy atom. The summed E-state index contributed by atoms with van der Waals surface area (Å²) in [7, 11) is 1.96. The molecule has 1 aliphatic rings. The summed E-state index contributed by atoms with van der Waals surface area (Å²) >= 11 is 0. The predicted octanol–water partition coefficient (Wildman–Crippen LogP) is 2.03. The second-order valence-electron chi connectivity index (χ2n) is 5.28. The number of aryl methyl sites for hydroxylation is 1. The van der Waals surface area contributed by atoms with Gasteiger partial charge in [-0.15, -0.1) is 0 Å². The summed E-state index contributed by atoms with van der Waals surface area (Å²) in [5, 5.41) is 8.75. The highest BCUT2D eigenvalue weighted by molar-refractivity contribution is 5.84. The first-order chi connectivity index (χ1) is 9.25. The SMILES string of the molecule is Cn1nc(CC2CCCCNC2=O)c2ccccc21. The number of fused-ring (bicyclic) bond motifs is 1. The monoisotopic (exact) mass is 257 g/mol. The Morgan fingerprint density at radius 2 is 2.21 bits per heavy atom. The number of carbonyl (C=O) groups is 1. The molecular weight excluding hydrogens is 238 g/mol. The van der Waals surface area contributed by atoms with Crippen LogP contribution in [-0.4, -0.2) is 22.2 Å². The minimum absolute atomic E-state index is 0.0702. The van der Waals surface area contributed by atoms with Crippen LogP contribution in [-0.2, 0) is 18.3 Å². The molecule has 1 saturated heterocycles. The third kappa shape index (κ3) is 2.35. The first-order valence-electron chi connectivity index (χ1n) is 6.94. The van der Waals surface area contributed by atoms with E-state index in [-0.39, 0.29) is 11.8 Å². The van der Waals surface area contributed by atoms with Crippen LogP contribution in [0, 0.1) is 5.92 Å². The Balaban J connectivity index is 1.90. The molecule has 0 bridgehead atoms. The molecule has 4 heteroatoms. The molecule has 1 amide bonds. The summed E-state index contributed by atoms with van der Waals surface area (Å²) in [4.78, 5) is 12.0. The smallest absolute Gasteiger partial charge is 0.223 e. The quantitative estimate of drug-likeness (QED) is 0.895. The van der Waals surface area contributed by atoms with Crippen LogP contribution in [0.4, 0.5) is 0 Å². The predicted molar refractivity (Wildman–Crippen MR) is 74.8 cm³/mol. The topological polar surface area (TPSA) is 46.9 Å². The minimum atomic E-state index is 0.0702. The molecule has 1 atom stereocenters. The van der Waals surface area contributed by atoms with Crippen molar-refractivity contribution in [2.75, 3.05) is 6.54 Å². The van der Waals surface area contributed by atoms with Gasteiger partial charge in [0.15, 0.2) is 0 Å². The lowest BCUT2D eigenvalue weighted by atomic mass is 9.96. The number of para-hydroxylation sites is 1. The highest BCUT2D eigenvalue weighted by Crippen LogP contribution is 2.23. The highest BCUT2D eigenvalue weighted by Gasteiger charge is 2.23. The maximum Gasteiger partial charge on any atom is 0.223 e. The van der Waals surface area contributed by atoms with Crippen molar-refractivity contribution in [3.8, 4) is 0 Å². The van der Waals surface area contributed by atoms with Crippen molar-refractivity contribution in [1.82, 2.24) is 15.1 Å². The van der Waals surface area contributed by atoms with Crippen molar-refractivity contribution in [1.29, 1.82) is 0 Å². The van der Waals surface area contributed by atoms with E-state index in [4.69, 9.17) is 0 Å². The van der Waals surface area contributed by atoms with E-state index in [1.165, 1.54) is 5.39 Å². The van der Waals surface area contributed by atoms with Crippen molar-refractivity contribution in [2.45, 2.75) is 25.7 Å². The number of nitrogens with one attached hydrogen (secondary N) is 1. The van der Waals surface area contributed by atoms with Gasteiger partial charge in [-0.3, -0.25) is 9.48 Å². The Bertz CT molecular complexity index is 602. The molecule has 2 aromatic rings. The van der Waals surface area contributed by atoms with Gasteiger partial charge < -0.3 is 5.32 Å². The molecular formula is C15H19N3O. The van der Waals surface area contributed by atoms with E-state index in [2.05, 4.69) is 22.5 Å². The average Bonchev–Trinajstić information content (AvgIpc) is 2.59. The highest BCUT2D eigenvalue weighted by atomic mass is 16.1. The summed E-state index contributed by atoms with van der Waals surface area (Å²) < 4.78 is 1.90. The molecule has 2 heterocycles. The van der Waals surface area contributed by atoms with Gasteiger partial charge in [0.2, 0.25) is 5.91 Å². The van der Waals surface area contributed by atoms with Gasteiger partial charge in [-0.2, -0.15) is 5.10 Å². The van der Waals surface area contributed by atoms with E-state index in [0.29, 0.717) is 0 Å². The van der Waals surface area contributed by atoms with Gasteiger partial charge in [0.25, 0.3) is 0 Å². The molecule has 1 unspecified atom stereocenters. The summed E-state index contributed by atoms with van der Waals surface area (Å²) in [6, 6.07) is 8.21. The van der Waals surface area contributed by atoms with Crippen molar-refractivity contribution in [3.63, 3.8) is 0 Å². The Hall–Kier alpha value is -1.84. The summed E-state index contributed by atoms with van der Waals surface area (Å²) in [6.45, 7) is 0.818. The fourth-order valence-corrected chi connectivity index (χ4v) is 2.87. The van der Waals surface area contributed by atoms with Gasteiger partial charge in [0.1, 0.15) is 0 Å².